The number of anilines is 3. The number of nitrogens with one attached hydrogen (secondary N) is 1. The molecule has 0 unspecified atom stereocenters. The number of hydrogen-bond donors (Lipinski definition) is 3. The highest BCUT2D eigenvalue weighted by Gasteiger charge is 2.11. The van der Waals surface area contributed by atoms with Gasteiger partial charge in [0.25, 0.3) is 0 Å². The van der Waals surface area contributed by atoms with Crippen molar-refractivity contribution in [3.63, 3.8) is 0 Å². The highest BCUT2D eigenvalue weighted by atomic mass is 15.1. The van der Waals surface area contributed by atoms with Crippen LogP contribution >= 0.6 is 0 Å². The minimum Gasteiger partial charge on any atom is -0.368 e. The second-order valence-corrected chi connectivity index (χ2v) is 6.41. The quantitative estimate of drug-likeness (QED) is 0.669. The van der Waals surface area contributed by atoms with E-state index in [0.29, 0.717) is 23.9 Å². The smallest absolute Gasteiger partial charge is 0.221 e. The standard InChI is InChI=1S/C10H14N4.C7H12N4/c1-6(2)7-5-14(3)8-4-12-10(11)13-9(7)8;1-5(2)10-6-3-4-9-7(8)11-6/h4-6H,1-3H3,(H2,11,12,13);3-5H,1-2H3,(H3,8,9,10,11). The molecule has 0 saturated carbocycles. The van der Waals surface area contributed by atoms with Gasteiger partial charge < -0.3 is 21.4 Å². The normalized spacial score (nSPS) is 10.8. The van der Waals surface area contributed by atoms with Gasteiger partial charge in [0.05, 0.1) is 17.2 Å². The van der Waals surface area contributed by atoms with Crippen molar-refractivity contribution in [1.29, 1.82) is 0 Å². The Morgan fingerprint density at radius 2 is 1.72 bits per heavy atom. The predicted octanol–water partition coefficient (Wildman–Crippen LogP) is 2.55. The van der Waals surface area contributed by atoms with E-state index in [4.69, 9.17) is 11.5 Å². The number of hydrogen-bond acceptors (Lipinski definition) is 7. The molecule has 0 aromatic carbocycles. The van der Waals surface area contributed by atoms with Gasteiger partial charge in [-0.25, -0.2) is 15.0 Å². The molecule has 3 aromatic heterocycles. The number of nitrogens with two attached hydrogens (primary N) is 2. The van der Waals surface area contributed by atoms with Crippen molar-refractivity contribution in [2.24, 2.45) is 7.05 Å². The lowest BCUT2D eigenvalue weighted by Crippen LogP contribution is -2.11. The second-order valence-electron chi connectivity index (χ2n) is 6.41. The summed E-state index contributed by atoms with van der Waals surface area (Å²) in [5.41, 5.74) is 14.2. The van der Waals surface area contributed by atoms with Crippen molar-refractivity contribution < 1.29 is 0 Å². The molecule has 5 N–H and O–H groups in total. The third-order valence-corrected chi connectivity index (χ3v) is 3.51. The van der Waals surface area contributed by atoms with E-state index in [9.17, 15) is 0 Å². The monoisotopic (exact) mass is 342 g/mol. The Kier molecular flexibility index (Phi) is 5.74. The van der Waals surface area contributed by atoms with Crippen LogP contribution in [0.5, 0.6) is 0 Å². The molecule has 3 rings (SSSR count). The number of aromatic nitrogens is 5. The molecule has 25 heavy (non-hydrogen) atoms. The molecule has 0 radical (unpaired) electrons. The van der Waals surface area contributed by atoms with Gasteiger partial charge in [0.2, 0.25) is 11.9 Å². The Bertz CT molecular complexity index is 838. The summed E-state index contributed by atoms with van der Waals surface area (Å²) in [4.78, 5) is 16.0. The van der Waals surface area contributed by atoms with Gasteiger partial charge in [-0.2, -0.15) is 4.98 Å². The van der Waals surface area contributed by atoms with Gasteiger partial charge in [-0.15, -0.1) is 0 Å². The third kappa shape index (κ3) is 4.79. The molecule has 0 aliphatic heterocycles. The summed E-state index contributed by atoms with van der Waals surface area (Å²) in [7, 11) is 1.99. The maximum Gasteiger partial charge on any atom is 0.221 e. The van der Waals surface area contributed by atoms with Crippen LogP contribution in [0.15, 0.2) is 24.7 Å². The van der Waals surface area contributed by atoms with Crippen LogP contribution in [0.3, 0.4) is 0 Å². The van der Waals surface area contributed by atoms with Gasteiger partial charge in [0.1, 0.15) is 5.82 Å². The van der Waals surface area contributed by atoms with Crippen LogP contribution in [0.25, 0.3) is 11.0 Å². The molecule has 3 aromatic rings. The minimum absolute atomic E-state index is 0.302. The van der Waals surface area contributed by atoms with Gasteiger partial charge in [0, 0.05) is 25.5 Å². The predicted molar refractivity (Wildman–Crippen MR) is 102 cm³/mol. The topological polar surface area (TPSA) is 121 Å². The average molecular weight is 342 g/mol. The summed E-state index contributed by atoms with van der Waals surface area (Å²) in [5.74, 6) is 1.86. The summed E-state index contributed by atoms with van der Waals surface area (Å²) in [5, 5.41) is 3.11. The molecule has 134 valence electrons. The number of aryl methyl sites for hydroxylation is 1. The van der Waals surface area contributed by atoms with E-state index >= 15 is 0 Å². The van der Waals surface area contributed by atoms with Gasteiger partial charge >= 0.3 is 0 Å². The maximum atomic E-state index is 5.57. The molecule has 8 heteroatoms. The van der Waals surface area contributed by atoms with Gasteiger partial charge in [0.15, 0.2) is 0 Å². The molecule has 0 spiro atoms. The molecule has 0 saturated heterocycles. The van der Waals surface area contributed by atoms with E-state index in [1.54, 1.807) is 18.5 Å². The SMILES string of the molecule is CC(C)Nc1ccnc(N)n1.CC(C)c1cn(C)c2cnc(N)nc12. The van der Waals surface area contributed by atoms with Crippen molar-refractivity contribution in [3.8, 4) is 0 Å². The molecule has 3 heterocycles. The summed E-state index contributed by atoms with van der Waals surface area (Å²) < 4.78 is 2.03. The zero-order valence-electron chi connectivity index (χ0n) is 15.4. The first kappa shape index (κ1) is 18.4. The number of nitrogen functional groups attached to an aromatic ring is 2. The summed E-state index contributed by atoms with van der Waals surface area (Å²) in [6.07, 6.45) is 5.49. The van der Waals surface area contributed by atoms with E-state index in [1.165, 1.54) is 5.56 Å². The first-order valence-electron chi connectivity index (χ1n) is 8.20. The van der Waals surface area contributed by atoms with Gasteiger partial charge in [-0.05, 0) is 31.4 Å². The summed E-state index contributed by atoms with van der Waals surface area (Å²) >= 11 is 0. The maximum absolute atomic E-state index is 5.57. The fourth-order valence-electron chi connectivity index (χ4n) is 2.37. The van der Waals surface area contributed by atoms with E-state index in [-0.39, 0.29) is 0 Å². The molecule has 0 aliphatic rings. The van der Waals surface area contributed by atoms with Crippen molar-refractivity contribution in [3.05, 3.63) is 30.2 Å². The fourth-order valence-corrected chi connectivity index (χ4v) is 2.37. The second kappa shape index (κ2) is 7.78. The van der Waals surface area contributed by atoms with E-state index in [2.05, 4.69) is 45.3 Å². The molecular weight excluding hydrogens is 316 g/mol. The average Bonchev–Trinajstić information content (AvgIpc) is 2.84. The van der Waals surface area contributed by atoms with Crippen LogP contribution in [0.1, 0.15) is 39.2 Å². The van der Waals surface area contributed by atoms with E-state index in [0.717, 1.165) is 16.9 Å². The van der Waals surface area contributed by atoms with Gasteiger partial charge in [-0.3, -0.25) is 0 Å². The van der Waals surface area contributed by atoms with Crippen LogP contribution in [0, 0.1) is 0 Å². The van der Waals surface area contributed by atoms with E-state index in [1.807, 2.05) is 25.5 Å². The Morgan fingerprint density at radius 1 is 1.04 bits per heavy atom. The van der Waals surface area contributed by atoms with Crippen LogP contribution in [0.2, 0.25) is 0 Å². The van der Waals surface area contributed by atoms with Gasteiger partial charge in [-0.1, -0.05) is 13.8 Å². The number of fused-ring (bicyclic) bond motifs is 1. The largest absolute Gasteiger partial charge is 0.368 e. The molecule has 0 amide bonds. The lowest BCUT2D eigenvalue weighted by molar-refractivity contribution is 0.856. The lowest BCUT2D eigenvalue weighted by atomic mass is 10.1. The Morgan fingerprint density at radius 3 is 2.32 bits per heavy atom. The Labute approximate surface area is 147 Å². The van der Waals surface area contributed by atoms with Crippen molar-refractivity contribution >= 4 is 28.7 Å². The molecule has 0 bridgehead atoms. The Balaban J connectivity index is 0.000000186. The van der Waals surface area contributed by atoms with E-state index < -0.39 is 0 Å². The fraction of sp³-hybridized carbons (Fsp3) is 0.412. The van der Waals surface area contributed by atoms with Crippen molar-refractivity contribution in [1.82, 2.24) is 24.5 Å². The van der Waals surface area contributed by atoms with Crippen molar-refractivity contribution in [2.75, 3.05) is 16.8 Å². The van der Waals surface area contributed by atoms with Crippen LogP contribution in [-0.4, -0.2) is 30.5 Å². The minimum atomic E-state index is 0.302. The molecule has 8 nitrogen and oxygen atoms in total. The summed E-state index contributed by atoms with van der Waals surface area (Å²) in [6.45, 7) is 8.37. The summed E-state index contributed by atoms with van der Waals surface area (Å²) in [6, 6.07) is 2.15. The van der Waals surface area contributed by atoms with Crippen LogP contribution < -0.4 is 16.8 Å². The first-order valence-corrected chi connectivity index (χ1v) is 8.20. The van der Waals surface area contributed by atoms with Crippen molar-refractivity contribution in [2.45, 2.75) is 39.7 Å². The zero-order valence-corrected chi connectivity index (χ0v) is 15.4. The number of rotatable bonds is 3. The highest BCUT2D eigenvalue weighted by molar-refractivity contribution is 5.80. The Hall–Kier alpha value is -2.90. The first-order chi connectivity index (χ1) is 11.8. The van der Waals surface area contributed by atoms with Crippen LogP contribution in [-0.2, 0) is 7.05 Å². The molecule has 0 atom stereocenters. The van der Waals surface area contributed by atoms with Crippen LogP contribution in [0.4, 0.5) is 17.7 Å². The third-order valence-electron chi connectivity index (χ3n) is 3.51. The number of nitrogens with zero attached hydrogens (tertiary/aromatic N) is 5. The highest BCUT2D eigenvalue weighted by Crippen LogP contribution is 2.24. The molecular formula is C17H26N8. The zero-order chi connectivity index (χ0) is 18.6. The molecule has 0 aliphatic carbocycles. The lowest BCUT2D eigenvalue weighted by Gasteiger charge is -2.07. The molecule has 0 fully saturated rings.